The van der Waals surface area contributed by atoms with Crippen molar-refractivity contribution >= 4 is 42.0 Å². The van der Waals surface area contributed by atoms with Gasteiger partial charge < -0.3 is 43.2 Å². The second-order valence-corrected chi connectivity index (χ2v) is 11.4. The van der Waals surface area contributed by atoms with Gasteiger partial charge in [0.25, 0.3) is 0 Å². The highest BCUT2D eigenvalue weighted by atomic mass is 16.7. The molecule has 0 unspecified atom stereocenters. The number of methoxy groups -OCH3 is 1. The number of benzene rings is 2. The maximum absolute atomic E-state index is 13.0. The molecule has 0 saturated carbocycles. The highest BCUT2D eigenvalue weighted by Gasteiger charge is 2.53. The van der Waals surface area contributed by atoms with Gasteiger partial charge in [-0.25, -0.2) is 14.4 Å². The van der Waals surface area contributed by atoms with Crippen molar-refractivity contribution in [2.75, 3.05) is 26.9 Å². The number of fused-ring (bicyclic) bond motifs is 3. The molecule has 1 saturated heterocycles. The van der Waals surface area contributed by atoms with Crippen molar-refractivity contribution < 1.29 is 71.5 Å². The van der Waals surface area contributed by atoms with Crippen molar-refractivity contribution in [3.8, 4) is 11.1 Å². The Morgan fingerprint density at radius 3 is 1.76 bits per heavy atom. The number of carbonyl (C=O) groups is 7. The van der Waals surface area contributed by atoms with Crippen LogP contribution in [0.3, 0.4) is 0 Å². The number of ether oxygens (including phenoxy) is 8. The maximum atomic E-state index is 13.0. The van der Waals surface area contributed by atoms with Crippen molar-refractivity contribution in [3.63, 3.8) is 0 Å². The molecule has 1 aliphatic heterocycles. The summed E-state index contributed by atoms with van der Waals surface area (Å²) >= 11 is 0. The van der Waals surface area contributed by atoms with Crippen molar-refractivity contribution in [1.82, 2.24) is 10.6 Å². The number of esters is 5. The summed E-state index contributed by atoms with van der Waals surface area (Å²) in [5, 5.41) is 4.61. The number of alkyl carbamates (subject to hydrolysis) is 2. The van der Waals surface area contributed by atoms with Gasteiger partial charge in [0.2, 0.25) is 0 Å². The minimum Gasteiger partial charge on any atom is -0.467 e. The topological polar surface area (TPSA) is 217 Å². The fourth-order valence-electron chi connectivity index (χ4n) is 5.75. The fraction of sp³-hybridized carbons (Fsp3) is 0.441. The molecule has 1 aliphatic carbocycles. The molecule has 0 aromatic heterocycles. The lowest BCUT2D eigenvalue weighted by molar-refractivity contribution is -0.256. The van der Waals surface area contributed by atoms with Crippen LogP contribution in [0.4, 0.5) is 9.59 Å². The molecule has 2 N–H and O–H groups in total. The summed E-state index contributed by atoms with van der Waals surface area (Å²) < 4.78 is 42.1. The third-order valence-corrected chi connectivity index (χ3v) is 7.75. The third-order valence-electron chi connectivity index (χ3n) is 7.75. The van der Waals surface area contributed by atoms with Crippen LogP contribution in [0.5, 0.6) is 0 Å². The molecule has 0 radical (unpaired) electrons. The van der Waals surface area contributed by atoms with Gasteiger partial charge in [-0.2, -0.15) is 0 Å². The number of rotatable bonds is 12. The Balaban J connectivity index is 1.43. The molecule has 2 aromatic rings. The van der Waals surface area contributed by atoms with Gasteiger partial charge in [-0.05, 0) is 22.3 Å². The van der Waals surface area contributed by atoms with Gasteiger partial charge in [0.15, 0.2) is 30.6 Å². The quantitative estimate of drug-likeness (QED) is 0.237. The van der Waals surface area contributed by atoms with E-state index in [-0.39, 0.29) is 12.5 Å². The third kappa shape index (κ3) is 9.94. The van der Waals surface area contributed by atoms with Crippen LogP contribution in [0.2, 0.25) is 0 Å². The van der Waals surface area contributed by atoms with E-state index in [1.807, 2.05) is 48.5 Å². The zero-order valence-corrected chi connectivity index (χ0v) is 28.4. The molecule has 1 heterocycles. The Morgan fingerprint density at radius 1 is 0.667 bits per heavy atom. The SMILES string of the molecule is COC(=O)[C@H](COC(=O)N[C@@H]1O[C@H](COC(C)=O)[C@@H](OC(C)=O)[C@H](OC(C)=O)[C@H]1OC(C)=O)NC(=O)OCC1c2ccccc2-c2ccccc21. The van der Waals surface area contributed by atoms with E-state index in [9.17, 15) is 33.6 Å². The summed E-state index contributed by atoms with van der Waals surface area (Å²) in [5.41, 5.74) is 3.98. The van der Waals surface area contributed by atoms with Gasteiger partial charge in [0, 0.05) is 33.6 Å². The van der Waals surface area contributed by atoms with Crippen LogP contribution in [0.1, 0.15) is 44.7 Å². The number of nitrogens with one attached hydrogen (secondary N) is 2. The van der Waals surface area contributed by atoms with E-state index in [1.54, 1.807) is 0 Å². The number of hydrogen-bond acceptors (Lipinski definition) is 15. The van der Waals surface area contributed by atoms with Gasteiger partial charge in [0.05, 0.1) is 7.11 Å². The molecular formula is C34H38N2O15. The van der Waals surface area contributed by atoms with Crippen LogP contribution in [0, 0.1) is 0 Å². The summed E-state index contributed by atoms with van der Waals surface area (Å²) in [6.07, 6.45) is -9.81. The lowest BCUT2D eigenvalue weighted by atomic mass is 9.97. The minimum atomic E-state index is -1.63. The van der Waals surface area contributed by atoms with Crippen LogP contribution in [-0.4, -0.2) is 106 Å². The molecule has 2 aromatic carbocycles. The average Bonchev–Trinajstić information content (AvgIpc) is 3.40. The Morgan fingerprint density at radius 2 is 1.22 bits per heavy atom. The zero-order chi connectivity index (χ0) is 37.2. The van der Waals surface area contributed by atoms with Crippen molar-refractivity contribution in [1.29, 1.82) is 0 Å². The van der Waals surface area contributed by atoms with E-state index < -0.39 is 91.9 Å². The van der Waals surface area contributed by atoms with E-state index in [4.69, 9.17) is 37.9 Å². The van der Waals surface area contributed by atoms with E-state index in [0.29, 0.717) is 0 Å². The van der Waals surface area contributed by atoms with Gasteiger partial charge in [-0.15, -0.1) is 0 Å². The predicted octanol–water partition coefficient (Wildman–Crippen LogP) is 1.88. The lowest BCUT2D eigenvalue weighted by Gasteiger charge is -2.44. The lowest BCUT2D eigenvalue weighted by Crippen LogP contribution is -2.66. The molecule has 17 heteroatoms. The smallest absolute Gasteiger partial charge is 0.409 e. The highest BCUT2D eigenvalue weighted by Crippen LogP contribution is 2.44. The maximum Gasteiger partial charge on any atom is 0.409 e. The van der Waals surface area contributed by atoms with Crippen LogP contribution in [0.15, 0.2) is 48.5 Å². The molecule has 2 amide bonds. The molecule has 274 valence electrons. The molecule has 0 bridgehead atoms. The van der Waals surface area contributed by atoms with Gasteiger partial charge in [-0.3, -0.25) is 24.5 Å². The monoisotopic (exact) mass is 714 g/mol. The molecular weight excluding hydrogens is 676 g/mol. The van der Waals surface area contributed by atoms with Crippen molar-refractivity contribution in [2.24, 2.45) is 0 Å². The molecule has 17 nitrogen and oxygen atoms in total. The molecule has 51 heavy (non-hydrogen) atoms. The fourth-order valence-corrected chi connectivity index (χ4v) is 5.75. The van der Waals surface area contributed by atoms with Crippen molar-refractivity contribution in [3.05, 3.63) is 59.7 Å². The van der Waals surface area contributed by atoms with Gasteiger partial charge in [-0.1, -0.05) is 48.5 Å². The average molecular weight is 715 g/mol. The standard InChI is InChI=1S/C34H38N2O15/c1-17(37)45-16-27-28(48-18(2)38)29(49-19(3)39)30(50-20(4)40)31(51-27)36-34(43)47-15-26(32(41)44-5)35-33(42)46-14-25-23-12-8-6-10-21(23)22-11-7-9-13-24(22)25/h6-13,25-31H,14-16H2,1-5H3,(H,35,42)(H,36,43)/t26-,27+,28+,29-,30+,31+/m0/s1. The molecule has 2 aliphatic rings. The Hall–Kier alpha value is -5.71. The Kier molecular flexibility index (Phi) is 12.9. The molecule has 6 atom stereocenters. The first kappa shape index (κ1) is 38.1. The summed E-state index contributed by atoms with van der Waals surface area (Å²) in [7, 11) is 1.06. The first-order valence-corrected chi connectivity index (χ1v) is 15.7. The largest absolute Gasteiger partial charge is 0.467 e. The van der Waals surface area contributed by atoms with E-state index in [2.05, 4.69) is 10.6 Å². The van der Waals surface area contributed by atoms with Crippen LogP contribution < -0.4 is 10.6 Å². The van der Waals surface area contributed by atoms with E-state index in [0.717, 1.165) is 57.1 Å². The Bertz CT molecular complexity index is 1600. The predicted molar refractivity (Wildman–Crippen MR) is 170 cm³/mol. The van der Waals surface area contributed by atoms with Gasteiger partial charge >= 0.3 is 42.0 Å². The summed E-state index contributed by atoms with van der Waals surface area (Å²) in [6, 6.07) is 13.9. The van der Waals surface area contributed by atoms with Gasteiger partial charge in [0.1, 0.15) is 25.9 Å². The number of hydrogen-bond donors (Lipinski definition) is 2. The normalized spacial score (nSPS) is 21.0. The molecule has 1 fully saturated rings. The number of carbonyl (C=O) groups excluding carboxylic acids is 7. The first-order valence-electron chi connectivity index (χ1n) is 15.7. The van der Waals surface area contributed by atoms with Crippen molar-refractivity contribution in [2.45, 2.75) is 70.3 Å². The van der Waals surface area contributed by atoms with Crippen LogP contribution >= 0.6 is 0 Å². The summed E-state index contributed by atoms with van der Waals surface area (Å²) in [6.45, 7) is 2.90. The minimum absolute atomic E-state index is 0.0575. The molecule has 4 rings (SSSR count). The number of amides is 2. The second kappa shape index (κ2) is 17.3. The summed E-state index contributed by atoms with van der Waals surface area (Å²) in [5.74, 6) is -4.55. The summed E-state index contributed by atoms with van der Waals surface area (Å²) in [4.78, 5) is 86.0. The molecule has 0 spiro atoms. The zero-order valence-electron chi connectivity index (χ0n) is 28.4. The Labute approximate surface area is 292 Å². The second-order valence-electron chi connectivity index (χ2n) is 11.4. The van der Waals surface area contributed by atoms with Crippen LogP contribution in [-0.2, 0) is 61.9 Å². The van der Waals surface area contributed by atoms with E-state index in [1.165, 1.54) is 0 Å². The highest BCUT2D eigenvalue weighted by molar-refractivity contribution is 5.82. The van der Waals surface area contributed by atoms with E-state index >= 15 is 0 Å². The van der Waals surface area contributed by atoms with Crippen LogP contribution in [0.25, 0.3) is 11.1 Å². The first-order chi connectivity index (χ1) is 24.3.